The van der Waals surface area contributed by atoms with Crippen LogP contribution in [0.3, 0.4) is 0 Å². The second kappa shape index (κ2) is 7.61. The lowest BCUT2D eigenvalue weighted by atomic mass is 10.1. The number of rotatable bonds is 5. The first kappa shape index (κ1) is 17.4. The summed E-state index contributed by atoms with van der Waals surface area (Å²) in [4.78, 5) is 27.9. The van der Waals surface area contributed by atoms with Gasteiger partial charge >= 0.3 is 0 Å². The second-order valence-corrected chi connectivity index (χ2v) is 5.86. The van der Waals surface area contributed by atoms with Crippen molar-refractivity contribution in [3.05, 3.63) is 83.7 Å². The Morgan fingerprint density at radius 2 is 1.81 bits per heavy atom. The van der Waals surface area contributed by atoms with E-state index < -0.39 is 0 Å². The molecule has 1 N–H and O–H groups in total. The molecular weight excluding hydrogens is 328 g/mol. The molecule has 1 heterocycles. The quantitative estimate of drug-likeness (QED) is 0.684. The van der Waals surface area contributed by atoms with Crippen molar-refractivity contribution in [3.63, 3.8) is 0 Å². The summed E-state index contributed by atoms with van der Waals surface area (Å²) < 4.78 is 5.78. The number of amides is 1. The molecule has 130 valence electrons. The smallest absolute Gasteiger partial charge is 0.255 e. The summed E-state index contributed by atoms with van der Waals surface area (Å²) in [7, 11) is 0. The van der Waals surface area contributed by atoms with Crippen LogP contribution in [0.15, 0.2) is 67.0 Å². The zero-order valence-electron chi connectivity index (χ0n) is 14.5. The molecule has 0 spiro atoms. The molecule has 0 radical (unpaired) electrons. The molecule has 0 bridgehead atoms. The van der Waals surface area contributed by atoms with Crippen molar-refractivity contribution in [3.8, 4) is 11.5 Å². The van der Waals surface area contributed by atoms with E-state index in [1.54, 1.807) is 54.9 Å². The molecule has 3 rings (SSSR count). The molecule has 0 aliphatic heterocycles. The summed E-state index contributed by atoms with van der Waals surface area (Å²) in [5.74, 6) is 0.990. The van der Waals surface area contributed by atoms with Crippen LogP contribution in [0, 0.1) is 6.92 Å². The average molecular weight is 346 g/mol. The highest BCUT2D eigenvalue weighted by atomic mass is 16.5. The molecule has 26 heavy (non-hydrogen) atoms. The number of aromatic nitrogens is 1. The van der Waals surface area contributed by atoms with E-state index in [4.69, 9.17) is 4.74 Å². The van der Waals surface area contributed by atoms with Gasteiger partial charge in [-0.25, -0.2) is 0 Å². The Morgan fingerprint density at radius 1 is 1.00 bits per heavy atom. The van der Waals surface area contributed by atoms with Crippen molar-refractivity contribution in [1.29, 1.82) is 0 Å². The van der Waals surface area contributed by atoms with Crippen LogP contribution in [0.1, 0.15) is 33.2 Å². The molecule has 0 aliphatic rings. The van der Waals surface area contributed by atoms with Crippen molar-refractivity contribution in [2.24, 2.45) is 0 Å². The molecule has 3 aromatic rings. The summed E-state index contributed by atoms with van der Waals surface area (Å²) in [6.07, 6.45) is 3.32. The molecule has 0 atom stereocenters. The van der Waals surface area contributed by atoms with Crippen LogP contribution in [0.5, 0.6) is 11.5 Å². The van der Waals surface area contributed by atoms with Crippen LogP contribution in [0.2, 0.25) is 0 Å². The van der Waals surface area contributed by atoms with E-state index in [1.165, 1.54) is 6.92 Å². The molecule has 2 aromatic carbocycles. The van der Waals surface area contributed by atoms with Gasteiger partial charge in [-0.2, -0.15) is 0 Å². The number of nitrogens with one attached hydrogen (secondary N) is 1. The highest BCUT2D eigenvalue weighted by molar-refractivity contribution is 6.06. The number of ether oxygens (including phenoxy) is 1. The number of Topliss-reactive ketones (excluding diaryl/α,β-unsaturated/α-hetero) is 1. The Balaban J connectivity index is 1.74. The lowest BCUT2D eigenvalue weighted by Crippen LogP contribution is -2.12. The lowest BCUT2D eigenvalue weighted by Gasteiger charge is -2.11. The average Bonchev–Trinajstić information content (AvgIpc) is 2.65. The van der Waals surface area contributed by atoms with Crippen molar-refractivity contribution >= 4 is 17.4 Å². The molecule has 0 unspecified atom stereocenters. The van der Waals surface area contributed by atoms with E-state index in [2.05, 4.69) is 10.3 Å². The fraction of sp³-hybridized carbons (Fsp3) is 0.0952. The summed E-state index contributed by atoms with van der Waals surface area (Å²) in [6.45, 7) is 3.37. The zero-order chi connectivity index (χ0) is 18.5. The maximum Gasteiger partial charge on any atom is 0.255 e. The van der Waals surface area contributed by atoms with Gasteiger partial charge in [0.05, 0.1) is 6.20 Å². The van der Waals surface area contributed by atoms with E-state index in [0.29, 0.717) is 28.3 Å². The van der Waals surface area contributed by atoms with E-state index in [0.717, 1.165) is 5.56 Å². The Kier molecular flexibility index (Phi) is 5.08. The molecule has 0 saturated carbocycles. The van der Waals surface area contributed by atoms with Crippen molar-refractivity contribution in [1.82, 2.24) is 4.98 Å². The largest absolute Gasteiger partial charge is 0.455 e. The monoisotopic (exact) mass is 346 g/mol. The topological polar surface area (TPSA) is 68.3 Å². The minimum absolute atomic E-state index is 0.0765. The normalized spacial score (nSPS) is 10.2. The summed E-state index contributed by atoms with van der Waals surface area (Å²) in [6, 6.07) is 15.7. The van der Waals surface area contributed by atoms with Gasteiger partial charge in [-0.1, -0.05) is 12.1 Å². The third kappa shape index (κ3) is 4.13. The molecule has 0 saturated heterocycles. The SMILES string of the molecule is CC(=O)c1cccc(C(=O)Nc2ccc(Oc3cccnc3)c(C)c2)c1. The van der Waals surface area contributed by atoms with Gasteiger partial charge in [0.25, 0.3) is 5.91 Å². The molecule has 5 heteroatoms. The number of ketones is 1. The number of anilines is 1. The van der Waals surface area contributed by atoms with Crippen LogP contribution >= 0.6 is 0 Å². The Hall–Kier alpha value is -3.47. The minimum Gasteiger partial charge on any atom is -0.455 e. The number of carbonyl (C=O) groups excluding carboxylic acids is 2. The summed E-state index contributed by atoms with van der Waals surface area (Å²) in [5, 5.41) is 2.84. The van der Waals surface area contributed by atoms with Gasteiger partial charge in [0, 0.05) is 23.0 Å². The van der Waals surface area contributed by atoms with E-state index in [-0.39, 0.29) is 11.7 Å². The van der Waals surface area contributed by atoms with Crippen LogP contribution in [0.4, 0.5) is 5.69 Å². The predicted octanol–water partition coefficient (Wildman–Crippen LogP) is 4.64. The lowest BCUT2D eigenvalue weighted by molar-refractivity contribution is 0.101. The molecule has 1 aromatic heterocycles. The highest BCUT2D eigenvalue weighted by Gasteiger charge is 2.10. The molecular formula is C21H18N2O3. The summed E-state index contributed by atoms with van der Waals surface area (Å²) in [5.41, 5.74) is 2.48. The number of nitrogens with zero attached hydrogens (tertiary/aromatic N) is 1. The van der Waals surface area contributed by atoms with Crippen LogP contribution in [-0.4, -0.2) is 16.7 Å². The van der Waals surface area contributed by atoms with Crippen molar-refractivity contribution in [2.75, 3.05) is 5.32 Å². The van der Waals surface area contributed by atoms with E-state index in [9.17, 15) is 9.59 Å². The fourth-order valence-electron chi connectivity index (χ4n) is 2.46. The number of benzene rings is 2. The van der Waals surface area contributed by atoms with Gasteiger partial charge in [0.2, 0.25) is 0 Å². The summed E-state index contributed by atoms with van der Waals surface area (Å²) >= 11 is 0. The molecule has 1 amide bonds. The Morgan fingerprint density at radius 3 is 2.50 bits per heavy atom. The third-order valence-electron chi connectivity index (χ3n) is 3.83. The van der Waals surface area contributed by atoms with Gasteiger partial charge in [-0.15, -0.1) is 0 Å². The van der Waals surface area contributed by atoms with E-state index in [1.807, 2.05) is 19.1 Å². The maximum atomic E-state index is 12.4. The van der Waals surface area contributed by atoms with Gasteiger partial charge < -0.3 is 10.1 Å². The van der Waals surface area contributed by atoms with Crippen LogP contribution in [0.25, 0.3) is 0 Å². The predicted molar refractivity (Wildman–Crippen MR) is 99.9 cm³/mol. The Bertz CT molecular complexity index is 952. The van der Waals surface area contributed by atoms with Crippen LogP contribution < -0.4 is 10.1 Å². The van der Waals surface area contributed by atoms with Gasteiger partial charge in [-0.3, -0.25) is 14.6 Å². The maximum absolute atomic E-state index is 12.4. The number of hydrogen-bond acceptors (Lipinski definition) is 4. The van der Waals surface area contributed by atoms with Gasteiger partial charge in [-0.05, 0) is 61.9 Å². The Labute approximate surface area is 151 Å². The zero-order valence-corrected chi connectivity index (χ0v) is 14.5. The van der Waals surface area contributed by atoms with Crippen LogP contribution in [-0.2, 0) is 0 Å². The van der Waals surface area contributed by atoms with Crippen molar-refractivity contribution < 1.29 is 14.3 Å². The highest BCUT2D eigenvalue weighted by Crippen LogP contribution is 2.27. The molecule has 5 nitrogen and oxygen atoms in total. The molecule has 0 aliphatic carbocycles. The van der Waals surface area contributed by atoms with E-state index >= 15 is 0 Å². The standard InChI is InChI=1S/C21H18N2O3/c1-14-11-18(8-9-20(14)26-19-7-4-10-22-13-19)23-21(25)17-6-3-5-16(12-17)15(2)24/h3-13H,1-2H3,(H,23,25). The third-order valence-corrected chi connectivity index (χ3v) is 3.83. The first-order valence-electron chi connectivity index (χ1n) is 8.14. The first-order chi connectivity index (χ1) is 12.5. The minimum atomic E-state index is -0.270. The van der Waals surface area contributed by atoms with Gasteiger partial charge in [0.15, 0.2) is 5.78 Å². The fourth-order valence-corrected chi connectivity index (χ4v) is 2.46. The van der Waals surface area contributed by atoms with Gasteiger partial charge in [0.1, 0.15) is 11.5 Å². The number of aryl methyl sites for hydroxylation is 1. The first-order valence-corrected chi connectivity index (χ1v) is 8.14. The molecule has 0 fully saturated rings. The number of pyridine rings is 1. The number of carbonyl (C=O) groups is 2. The second-order valence-electron chi connectivity index (χ2n) is 5.86. The van der Waals surface area contributed by atoms with Crippen molar-refractivity contribution in [2.45, 2.75) is 13.8 Å². The number of hydrogen-bond donors (Lipinski definition) is 1.